The van der Waals surface area contributed by atoms with E-state index in [1.807, 2.05) is 38.1 Å². The van der Waals surface area contributed by atoms with E-state index in [0.29, 0.717) is 11.4 Å². The van der Waals surface area contributed by atoms with Gasteiger partial charge in [-0.05, 0) is 61.4 Å². The Bertz CT molecular complexity index is 908. The fourth-order valence-corrected chi connectivity index (χ4v) is 2.31. The SMILES string of the molecule is CC(=O)N(C(=O)/C(C#N)=C\Nc1ccc(C)c(C)c1)c1ccc(N)cc1. The molecule has 0 aliphatic heterocycles. The van der Waals surface area contributed by atoms with Crippen LogP contribution in [0.1, 0.15) is 18.1 Å². The molecule has 2 rings (SSSR count). The lowest BCUT2D eigenvalue weighted by atomic mass is 10.1. The van der Waals surface area contributed by atoms with Gasteiger partial charge in [0.15, 0.2) is 0 Å². The molecule has 0 aliphatic carbocycles. The average molecular weight is 348 g/mol. The second-order valence-corrected chi connectivity index (χ2v) is 5.86. The number of nitrogen functional groups attached to an aromatic ring is 1. The van der Waals surface area contributed by atoms with Crippen molar-refractivity contribution in [1.29, 1.82) is 5.26 Å². The molecule has 2 aromatic rings. The molecule has 0 bridgehead atoms. The van der Waals surface area contributed by atoms with Crippen molar-refractivity contribution >= 4 is 28.9 Å². The monoisotopic (exact) mass is 348 g/mol. The van der Waals surface area contributed by atoms with E-state index < -0.39 is 11.8 Å². The van der Waals surface area contributed by atoms with Crippen LogP contribution in [0.4, 0.5) is 17.1 Å². The summed E-state index contributed by atoms with van der Waals surface area (Å²) in [4.78, 5) is 25.6. The fraction of sp³-hybridized carbons (Fsp3) is 0.150. The predicted molar refractivity (Wildman–Crippen MR) is 102 cm³/mol. The Morgan fingerprint density at radius 3 is 2.31 bits per heavy atom. The Morgan fingerprint density at radius 1 is 1.12 bits per heavy atom. The van der Waals surface area contributed by atoms with Gasteiger partial charge in [-0.25, -0.2) is 4.90 Å². The summed E-state index contributed by atoms with van der Waals surface area (Å²) < 4.78 is 0. The third-order valence-electron chi connectivity index (χ3n) is 3.91. The van der Waals surface area contributed by atoms with E-state index in [1.54, 1.807) is 24.3 Å². The molecule has 0 aromatic heterocycles. The number of carbonyl (C=O) groups excluding carboxylic acids is 2. The normalized spacial score (nSPS) is 10.8. The smallest absolute Gasteiger partial charge is 0.277 e. The van der Waals surface area contributed by atoms with Crippen molar-refractivity contribution in [1.82, 2.24) is 0 Å². The van der Waals surface area contributed by atoms with Gasteiger partial charge < -0.3 is 11.1 Å². The number of aryl methyl sites for hydroxylation is 2. The Labute approximate surface area is 152 Å². The van der Waals surface area contributed by atoms with E-state index >= 15 is 0 Å². The van der Waals surface area contributed by atoms with Crippen LogP contribution >= 0.6 is 0 Å². The number of hydrogen-bond acceptors (Lipinski definition) is 5. The van der Waals surface area contributed by atoms with E-state index in [4.69, 9.17) is 5.73 Å². The van der Waals surface area contributed by atoms with Crippen LogP contribution in [0, 0.1) is 25.2 Å². The van der Waals surface area contributed by atoms with Gasteiger partial charge in [0, 0.05) is 24.5 Å². The summed E-state index contributed by atoms with van der Waals surface area (Å²) in [6.45, 7) is 5.23. The minimum Gasteiger partial charge on any atom is -0.399 e. The average Bonchev–Trinajstić information content (AvgIpc) is 2.60. The van der Waals surface area contributed by atoms with Crippen LogP contribution in [-0.4, -0.2) is 11.8 Å². The van der Waals surface area contributed by atoms with Gasteiger partial charge in [0.1, 0.15) is 11.6 Å². The number of nitrogens with one attached hydrogen (secondary N) is 1. The van der Waals surface area contributed by atoms with Gasteiger partial charge in [-0.1, -0.05) is 6.07 Å². The van der Waals surface area contributed by atoms with Crippen LogP contribution in [0.5, 0.6) is 0 Å². The third kappa shape index (κ3) is 4.28. The van der Waals surface area contributed by atoms with Crippen molar-refractivity contribution in [3.8, 4) is 6.07 Å². The first kappa shape index (κ1) is 18.7. The first-order valence-corrected chi connectivity index (χ1v) is 7.98. The number of rotatable bonds is 4. The largest absolute Gasteiger partial charge is 0.399 e. The van der Waals surface area contributed by atoms with Crippen molar-refractivity contribution in [2.24, 2.45) is 0 Å². The highest BCUT2D eigenvalue weighted by Crippen LogP contribution is 2.19. The summed E-state index contributed by atoms with van der Waals surface area (Å²) in [6.07, 6.45) is 1.31. The zero-order valence-corrected chi connectivity index (χ0v) is 14.9. The third-order valence-corrected chi connectivity index (χ3v) is 3.91. The molecule has 26 heavy (non-hydrogen) atoms. The summed E-state index contributed by atoms with van der Waals surface area (Å²) in [6, 6.07) is 13.8. The van der Waals surface area contributed by atoms with Crippen LogP contribution in [0.25, 0.3) is 0 Å². The number of imide groups is 1. The molecule has 6 nitrogen and oxygen atoms in total. The molecule has 2 aromatic carbocycles. The second-order valence-electron chi connectivity index (χ2n) is 5.86. The molecule has 0 radical (unpaired) electrons. The minimum absolute atomic E-state index is 0.185. The molecule has 0 unspecified atom stereocenters. The molecule has 3 N–H and O–H groups in total. The zero-order chi connectivity index (χ0) is 19.3. The quantitative estimate of drug-likeness (QED) is 0.502. The lowest BCUT2D eigenvalue weighted by Gasteiger charge is -2.19. The molecule has 0 spiro atoms. The molecule has 0 saturated heterocycles. The van der Waals surface area contributed by atoms with Gasteiger partial charge in [0.05, 0.1) is 5.69 Å². The van der Waals surface area contributed by atoms with E-state index in [2.05, 4.69) is 5.32 Å². The summed E-state index contributed by atoms with van der Waals surface area (Å²) >= 11 is 0. The summed E-state index contributed by atoms with van der Waals surface area (Å²) in [5.74, 6) is -1.20. The molecular weight excluding hydrogens is 328 g/mol. The first-order valence-electron chi connectivity index (χ1n) is 7.98. The number of nitriles is 1. The maximum atomic E-state index is 12.7. The summed E-state index contributed by atoms with van der Waals surface area (Å²) in [7, 11) is 0. The molecule has 2 amide bonds. The number of hydrogen-bond donors (Lipinski definition) is 2. The van der Waals surface area contributed by atoms with Crippen LogP contribution in [0.2, 0.25) is 0 Å². The predicted octanol–water partition coefficient (Wildman–Crippen LogP) is 3.28. The van der Waals surface area contributed by atoms with Gasteiger partial charge in [0.2, 0.25) is 5.91 Å². The Hall–Kier alpha value is -3.59. The number of carbonyl (C=O) groups is 2. The van der Waals surface area contributed by atoms with Crippen molar-refractivity contribution in [2.45, 2.75) is 20.8 Å². The van der Waals surface area contributed by atoms with E-state index in [-0.39, 0.29) is 5.57 Å². The maximum Gasteiger partial charge on any atom is 0.277 e. The highest BCUT2D eigenvalue weighted by molar-refractivity contribution is 6.21. The molecule has 0 atom stereocenters. The highest BCUT2D eigenvalue weighted by atomic mass is 16.2. The molecule has 132 valence electrons. The van der Waals surface area contributed by atoms with Crippen molar-refractivity contribution in [3.63, 3.8) is 0 Å². The van der Waals surface area contributed by atoms with E-state index in [9.17, 15) is 14.9 Å². The molecule has 0 heterocycles. The number of amides is 2. The zero-order valence-electron chi connectivity index (χ0n) is 14.9. The van der Waals surface area contributed by atoms with Crippen LogP contribution < -0.4 is 16.0 Å². The highest BCUT2D eigenvalue weighted by Gasteiger charge is 2.23. The Morgan fingerprint density at radius 2 is 1.77 bits per heavy atom. The van der Waals surface area contributed by atoms with E-state index in [0.717, 1.165) is 21.7 Å². The maximum absolute atomic E-state index is 12.7. The van der Waals surface area contributed by atoms with Gasteiger partial charge in [-0.3, -0.25) is 9.59 Å². The van der Waals surface area contributed by atoms with E-state index in [1.165, 1.54) is 13.1 Å². The van der Waals surface area contributed by atoms with Crippen LogP contribution in [0.3, 0.4) is 0 Å². The van der Waals surface area contributed by atoms with Crippen molar-refractivity contribution in [2.75, 3.05) is 16.0 Å². The lowest BCUT2D eigenvalue weighted by Crippen LogP contribution is -2.36. The number of nitrogens with zero attached hydrogens (tertiary/aromatic N) is 2. The molecule has 0 aliphatic rings. The first-order chi connectivity index (χ1) is 12.3. The second kappa shape index (κ2) is 7.99. The molecule has 0 saturated carbocycles. The summed E-state index contributed by atoms with van der Waals surface area (Å²) in [5, 5.41) is 12.3. The number of anilines is 3. The van der Waals surface area contributed by atoms with Gasteiger partial charge in [-0.15, -0.1) is 0 Å². The molecule has 6 heteroatoms. The standard InChI is InChI=1S/C20H20N4O2/c1-13-4-7-18(10-14(13)2)23-12-16(11-21)20(26)24(15(3)25)19-8-5-17(22)6-9-19/h4-10,12,23H,22H2,1-3H3/b16-12-. The summed E-state index contributed by atoms with van der Waals surface area (Å²) in [5.41, 5.74) is 9.29. The van der Waals surface area contributed by atoms with Crippen LogP contribution in [-0.2, 0) is 9.59 Å². The number of benzene rings is 2. The van der Waals surface area contributed by atoms with Crippen molar-refractivity contribution < 1.29 is 9.59 Å². The minimum atomic E-state index is -0.707. The number of nitrogens with two attached hydrogens (primary N) is 1. The van der Waals surface area contributed by atoms with Gasteiger partial charge in [0.25, 0.3) is 5.91 Å². The lowest BCUT2D eigenvalue weighted by molar-refractivity contribution is -0.123. The van der Waals surface area contributed by atoms with Gasteiger partial charge in [-0.2, -0.15) is 5.26 Å². The van der Waals surface area contributed by atoms with Crippen molar-refractivity contribution in [3.05, 3.63) is 65.4 Å². The fourth-order valence-electron chi connectivity index (χ4n) is 2.31. The molecular formula is C20H20N4O2. The van der Waals surface area contributed by atoms with Gasteiger partial charge >= 0.3 is 0 Å². The Balaban J connectivity index is 2.29. The van der Waals surface area contributed by atoms with Crippen LogP contribution in [0.15, 0.2) is 54.2 Å². The molecule has 0 fully saturated rings. The Kier molecular flexibility index (Phi) is 5.76. The topological polar surface area (TPSA) is 99.2 Å².